The van der Waals surface area contributed by atoms with E-state index >= 15 is 0 Å². The molecule has 258 valence electrons. The lowest BCUT2D eigenvalue weighted by Crippen LogP contribution is -2.61. The van der Waals surface area contributed by atoms with E-state index in [-0.39, 0.29) is 53.5 Å². The second-order valence-electron chi connectivity index (χ2n) is 15.0. The molecule has 1 heterocycles. The molecule has 1 saturated carbocycles. The Bertz CT molecular complexity index is 1340. The molecule has 11 heteroatoms. The SMILES string of the molecule is C=CCNC(=O)C(=O)C(CCC)NC(=O)[C@@H]1[C@@H]2[C@H](CN1C(=O)[C@@H](NC(=O)N[C@H](COC)C(C)(C)C)C1Cc3ccccc3C1)C2(C)C. The van der Waals surface area contributed by atoms with E-state index < -0.39 is 41.8 Å². The van der Waals surface area contributed by atoms with E-state index in [1.54, 1.807) is 12.0 Å². The average molecular weight is 652 g/mol. The molecular weight excluding hydrogens is 598 g/mol. The highest BCUT2D eigenvalue weighted by Gasteiger charge is 2.69. The van der Waals surface area contributed by atoms with Gasteiger partial charge in [-0.05, 0) is 59.0 Å². The number of likely N-dealkylation sites (tertiary alicyclic amines) is 1. The highest BCUT2D eigenvalue weighted by Crippen LogP contribution is 2.65. The zero-order valence-corrected chi connectivity index (χ0v) is 29.0. The third-order valence-electron chi connectivity index (χ3n) is 10.4. The van der Waals surface area contributed by atoms with Crippen molar-refractivity contribution < 1.29 is 28.7 Å². The maximum Gasteiger partial charge on any atom is 0.315 e. The second kappa shape index (κ2) is 14.6. The normalized spacial score (nSPS) is 23.0. The molecule has 6 atom stereocenters. The van der Waals surface area contributed by atoms with Gasteiger partial charge in [-0.2, -0.15) is 0 Å². The Morgan fingerprint density at radius 1 is 1.06 bits per heavy atom. The van der Waals surface area contributed by atoms with E-state index in [1.807, 2.05) is 52.0 Å². The molecule has 3 aliphatic rings. The fourth-order valence-corrected chi connectivity index (χ4v) is 7.44. The molecule has 47 heavy (non-hydrogen) atoms. The molecule has 1 unspecified atom stereocenters. The Morgan fingerprint density at radius 3 is 2.26 bits per heavy atom. The molecule has 0 bridgehead atoms. The topological polar surface area (TPSA) is 146 Å². The van der Waals surface area contributed by atoms with Crippen LogP contribution >= 0.6 is 0 Å². The van der Waals surface area contributed by atoms with Crippen molar-refractivity contribution in [2.45, 2.75) is 91.4 Å². The van der Waals surface area contributed by atoms with Gasteiger partial charge in [-0.3, -0.25) is 19.2 Å². The largest absolute Gasteiger partial charge is 0.383 e. The smallest absolute Gasteiger partial charge is 0.315 e. The molecule has 1 saturated heterocycles. The van der Waals surface area contributed by atoms with Gasteiger partial charge in [-0.25, -0.2) is 4.79 Å². The van der Waals surface area contributed by atoms with Crippen molar-refractivity contribution in [2.75, 3.05) is 26.8 Å². The Morgan fingerprint density at radius 2 is 1.70 bits per heavy atom. The average Bonchev–Trinajstić information content (AvgIpc) is 3.37. The number of carbonyl (C=O) groups is 5. The van der Waals surface area contributed by atoms with Gasteiger partial charge in [0.1, 0.15) is 12.1 Å². The lowest BCUT2D eigenvalue weighted by molar-refractivity contribution is -0.144. The van der Waals surface area contributed by atoms with E-state index in [4.69, 9.17) is 4.74 Å². The van der Waals surface area contributed by atoms with Gasteiger partial charge in [0, 0.05) is 20.2 Å². The van der Waals surface area contributed by atoms with Crippen molar-refractivity contribution in [3.8, 4) is 0 Å². The number of Topliss-reactive ketones (excluding diaryl/α,β-unsaturated/α-hetero) is 1. The number of amides is 5. The van der Waals surface area contributed by atoms with Crippen molar-refractivity contribution in [3.63, 3.8) is 0 Å². The lowest BCUT2D eigenvalue weighted by atomic mass is 9.87. The molecular formula is C36H53N5O6. The Kier molecular flexibility index (Phi) is 11.2. The molecule has 5 amide bonds. The summed E-state index contributed by atoms with van der Waals surface area (Å²) < 4.78 is 5.37. The maximum absolute atomic E-state index is 14.6. The molecule has 11 nitrogen and oxygen atoms in total. The molecule has 2 aliphatic carbocycles. The monoisotopic (exact) mass is 651 g/mol. The van der Waals surface area contributed by atoms with Crippen LogP contribution in [0.5, 0.6) is 0 Å². The van der Waals surface area contributed by atoms with Crippen LogP contribution in [0.2, 0.25) is 0 Å². The highest BCUT2D eigenvalue weighted by atomic mass is 16.5. The molecule has 4 N–H and O–H groups in total. The first-order chi connectivity index (χ1) is 22.1. The van der Waals surface area contributed by atoms with Crippen LogP contribution in [0.3, 0.4) is 0 Å². The van der Waals surface area contributed by atoms with Gasteiger partial charge in [0.2, 0.25) is 17.6 Å². The van der Waals surface area contributed by atoms with Crippen LogP contribution < -0.4 is 21.3 Å². The van der Waals surface area contributed by atoms with Gasteiger partial charge in [-0.15, -0.1) is 6.58 Å². The summed E-state index contributed by atoms with van der Waals surface area (Å²) in [4.78, 5) is 69.4. The summed E-state index contributed by atoms with van der Waals surface area (Å²) >= 11 is 0. The minimum absolute atomic E-state index is 0.0978. The predicted octanol–water partition coefficient (Wildman–Crippen LogP) is 2.77. The number of nitrogens with one attached hydrogen (secondary N) is 4. The molecule has 1 aliphatic heterocycles. The van der Waals surface area contributed by atoms with Crippen LogP contribution in [0.4, 0.5) is 4.79 Å². The lowest BCUT2D eigenvalue weighted by Gasteiger charge is -2.36. The van der Waals surface area contributed by atoms with Gasteiger partial charge in [0.05, 0.1) is 18.7 Å². The summed E-state index contributed by atoms with van der Waals surface area (Å²) in [5, 5.41) is 11.4. The second-order valence-corrected chi connectivity index (χ2v) is 15.0. The first-order valence-corrected chi connectivity index (χ1v) is 16.8. The number of hydrogen-bond donors (Lipinski definition) is 4. The molecule has 1 aromatic carbocycles. The summed E-state index contributed by atoms with van der Waals surface area (Å²) in [6.45, 7) is 16.4. The Hall–Kier alpha value is -3.73. The first kappa shape index (κ1) is 36.1. The number of urea groups is 1. The number of nitrogens with zero attached hydrogens (tertiary/aromatic N) is 1. The van der Waals surface area contributed by atoms with Crippen LogP contribution in [-0.2, 0) is 36.8 Å². The zero-order chi connectivity index (χ0) is 34.7. The summed E-state index contributed by atoms with van der Waals surface area (Å²) in [7, 11) is 1.58. The first-order valence-electron chi connectivity index (χ1n) is 16.8. The Labute approximate surface area is 279 Å². The van der Waals surface area contributed by atoms with Crippen LogP contribution in [0.25, 0.3) is 0 Å². The van der Waals surface area contributed by atoms with E-state index in [1.165, 1.54) is 6.08 Å². The minimum Gasteiger partial charge on any atom is -0.383 e. The fourth-order valence-electron chi connectivity index (χ4n) is 7.44. The zero-order valence-electron chi connectivity index (χ0n) is 29.0. The van der Waals surface area contributed by atoms with Crippen molar-refractivity contribution in [1.82, 2.24) is 26.2 Å². The predicted molar refractivity (Wildman–Crippen MR) is 179 cm³/mol. The third kappa shape index (κ3) is 7.88. The van der Waals surface area contributed by atoms with Gasteiger partial charge in [-0.1, -0.05) is 78.3 Å². The number of methoxy groups -OCH3 is 1. The molecule has 4 rings (SSSR count). The van der Waals surface area contributed by atoms with E-state index in [2.05, 4.69) is 41.7 Å². The van der Waals surface area contributed by atoms with Crippen molar-refractivity contribution >= 4 is 29.5 Å². The number of hydrogen-bond acceptors (Lipinski definition) is 6. The number of ether oxygens (including phenoxy) is 1. The molecule has 0 aromatic heterocycles. The number of carbonyl (C=O) groups excluding carboxylic acids is 5. The quantitative estimate of drug-likeness (QED) is 0.180. The third-order valence-corrected chi connectivity index (χ3v) is 10.4. The molecule has 1 aromatic rings. The number of benzene rings is 1. The van der Waals surface area contributed by atoms with Gasteiger partial charge < -0.3 is 30.9 Å². The molecule has 0 radical (unpaired) electrons. The number of piperidine rings is 1. The maximum atomic E-state index is 14.6. The Balaban J connectivity index is 1.60. The minimum atomic E-state index is -1.02. The van der Waals surface area contributed by atoms with Crippen LogP contribution in [0, 0.1) is 28.6 Å². The van der Waals surface area contributed by atoms with E-state index in [9.17, 15) is 24.0 Å². The van der Waals surface area contributed by atoms with Gasteiger partial charge in [0.25, 0.3) is 5.91 Å². The van der Waals surface area contributed by atoms with Gasteiger partial charge in [0.15, 0.2) is 0 Å². The number of ketones is 1. The standard InChI is InChI=1S/C36H53N5O6/c1-9-13-25(30(42)32(44)37-16-10-2)38-31(43)29-27-24(36(27,6)7)19-41(29)33(45)28(23-17-21-14-11-12-15-22(21)18-23)40-34(46)39-26(20-47-8)35(3,4)5/h10-12,14-15,23-29H,2,9,13,16-20H2,1,3-8H3,(H,37,44)(H,38,43)(H2,39,40,46)/t24-,25?,26+,27-,28-,29-/m0/s1. The van der Waals surface area contributed by atoms with Gasteiger partial charge >= 0.3 is 6.03 Å². The summed E-state index contributed by atoms with van der Waals surface area (Å²) in [6, 6.07) is 4.51. The number of rotatable bonds is 14. The highest BCUT2D eigenvalue weighted by molar-refractivity contribution is 6.38. The molecule has 0 spiro atoms. The van der Waals surface area contributed by atoms with Crippen LogP contribution in [0.1, 0.15) is 65.5 Å². The molecule has 2 fully saturated rings. The van der Waals surface area contributed by atoms with Crippen molar-refractivity contribution in [3.05, 3.63) is 48.0 Å². The van der Waals surface area contributed by atoms with E-state index in [0.29, 0.717) is 32.4 Å². The van der Waals surface area contributed by atoms with E-state index in [0.717, 1.165) is 11.1 Å². The van der Waals surface area contributed by atoms with Crippen molar-refractivity contribution in [2.24, 2.45) is 28.6 Å². The summed E-state index contributed by atoms with van der Waals surface area (Å²) in [5.74, 6) is -2.51. The number of fused-ring (bicyclic) bond motifs is 2. The fraction of sp³-hybridized carbons (Fsp3) is 0.639. The summed E-state index contributed by atoms with van der Waals surface area (Å²) in [5.41, 5.74) is 1.81. The van der Waals surface area contributed by atoms with Crippen LogP contribution in [-0.4, -0.2) is 85.4 Å². The summed E-state index contributed by atoms with van der Waals surface area (Å²) in [6.07, 6.45) is 3.56. The van der Waals surface area contributed by atoms with Crippen molar-refractivity contribution in [1.29, 1.82) is 0 Å². The van der Waals surface area contributed by atoms with Crippen LogP contribution in [0.15, 0.2) is 36.9 Å².